The van der Waals surface area contributed by atoms with E-state index < -0.39 is 0 Å². The van der Waals surface area contributed by atoms with Gasteiger partial charge in [0, 0.05) is 13.7 Å². The van der Waals surface area contributed by atoms with Crippen LogP contribution >= 0.6 is 0 Å². The molecule has 0 atom stereocenters. The van der Waals surface area contributed by atoms with E-state index in [2.05, 4.69) is 18.0 Å². The third-order valence-corrected chi connectivity index (χ3v) is 2.52. The van der Waals surface area contributed by atoms with E-state index in [1.54, 1.807) is 7.11 Å². The van der Waals surface area contributed by atoms with E-state index in [0.717, 1.165) is 17.6 Å². The lowest BCUT2D eigenvalue weighted by Crippen LogP contribution is -2.08. The molecule has 1 heterocycles. The molecule has 0 aliphatic heterocycles. The third-order valence-electron chi connectivity index (χ3n) is 2.52. The molecule has 2 rings (SSSR count). The predicted molar refractivity (Wildman–Crippen MR) is 60.8 cm³/mol. The van der Waals surface area contributed by atoms with Crippen molar-refractivity contribution in [3.05, 3.63) is 23.8 Å². The smallest absolute Gasteiger partial charge is 0.201 e. The van der Waals surface area contributed by atoms with Crippen LogP contribution in [-0.4, -0.2) is 23.3 Å². The van der Waals surface area contributed by atoms with Gasteiger partial charge in [0.2, 0.25) is 5.95 Å². The number of ether oxygens (including phenoxy) is 1. The Balaban J connectivity index is 2.55. The fourth-order valence-corrected chi connectivity index (χ4v) is 1.79. The van der Waals surface area contributed by atoms with Crippen molar-refractivity contribution in [2.24, 2.45) is 0 Å². The van der Waals surface area contributed by atoms with Crippen LogP contribution < -0.4 is 5.73 Å². The number of aryl methyl sites for hydroxylation is 1. The maximum Gasteiger partial charge on any atom is 0.201 e. The summed E-state index contributed by atoms with van der Waals surface area (Å²) in [5.41, 5.74) is 9.10. The highest BCUT2D eigenvalue weighted by Gasteiger charge is 2.08. The first-order chi connectivity index (χ1) is 7.24. The Kier molecular flexibility index (Phi) is 2.60. The molecule has 1 aromatic carbocycles. The van der Waals surface area contributed by atoms with Gasteiger partial charge in [0.05, 0.1) is 17.6 Å². The number of aromatic nitrogens is 2. The Morgan fingerprint density at radius 2 is 2.27 bits per heavy atom. The quantitative estimate of drug-likeness (QED) is 0.827. The number of rotatable bonds is 3. The Morgan fingerprint density at radius 3 is 3.00 bits per heavy atom. The van der Waals surface area contributed by atoms with Crippen molar-refractivity contribution in [1.29, 1.82) is 0 Å². The van der Waals surface area contributed by atoms with E-state index in [9.17, 15) is 0 Å². The molecule has 0 spiro atoms. The molecule has 0 unspecified atom stereocenters. The van der Waals surface area contributed by atoms with Crippen LogP contribution in [0, 0.1) is 6.92 Å². The van der Waals surface area contributed by atoms with E-state index in [-0.39, 0.29) is 0 Å². The first-order valence-corrected chi connectivity index (χ1v) is 4.94. The zero-order valence-electron chi connectivity index (χ0n) is 9.03. The number of imidazole rings is 1. The van der Waals surface area contributed by atoms with Crippen LogP contribution in [-0.2, 0) is 11.3 Å². The summed E-state index contributed by atoms with van der Waals surface area (Å²) in [7, 11) is 1.68. The normalized spacial score (nSPS) is 11.1. The maximum absolute atomic E-state index is 5.86. The van der Waals surface area contributed by atoms with E-state index in [1.165, 1.54) is 5.56 Å². The minimum absolute atomic E-state index is 0.552. The minimum Gasteiger partial charge on any atom is -0.383 e. The van der Waals surface area contributed by atoms with Crippen molar-refractivity contribution in [3.63, 3.8) is 0 Å². The van der Waals surface area contributed by atoms with Crippen LogP contribution in [0.3, 0.4) is 0 Å². The van der Waals surface area contributed by atoms with Crippen LogP contribution in [0.15, 0.2) is 18.2 Å². The van der Waals surface area contributed by atoms with Crippen molar-refractivity contribution in [1.82, 2.24) is 9.55 Å². The molecule has 15 heavy (non-hydrogen) atoms. The average Bonchev–Trinajstić information content (AvgIpc) is 2.53. The second kappa shape index (κ2) is 3.90. The molecule has 80 valence electrons. The highest BCUT2D eigenvalue weighted by Crippen LogP contribution is 2.20. The number of nitrogen functional groups attached to an aromatic ring is 1. The number of nitrogens with two attached hydrogens (primary N) is 1. The molecule has 0 radical (unpaired) electrons. The van der Waals surface area contributed by atoms with Crippen LogP contribution in [0.2, 0.25) is 0 Å². The largest absolute Gasteiger partial charge is 0.383 e. The number of nitrogens with zero attached hydrogens (tertiary/aromatic N) is 2. The van der Waals surface area contributed by atoms with E-state index in [4.69, 9.17) is 10.5 Å². The number of hydrogen-bond donors (Lipinski definition) is 1. The molecule has 0 aliphatic rings. The molecular formula is C11H15N3O. The number of para-hydroxylation sites is 1. The molecule has 2 aromatic rings. The van der Waals surface area contributed by atoms with Crippen molar-refractivity contribution >= 4 is 17.0 Å². The van der Waals surface area contributed by atoms with Crippen LogP contribution in [0.4, 0.5) is 5.95 Å². The number of benzene rings is 1. The second-order valence-electron chi connectivity index (χ2n) is 3.56. The number of fused-ring (bicyclic) bond motifs is 1. The van der Waals surface area contributed by atoms with Gasteiger partial charge in [-0.15, -0.1) is 0 Å². The second-order valence-corrected chi connectivity index (χ2v) is 3.56. The Hall–Kier alpha value is -1.55. The van der Waals surface area contributed by atoms with Gasteiger partial charge in [0.15, 0.2) is 0 Å². The summed E-state index contributed by atoms with van der Waals surface area (Å²) < 4.78 is 7.05. The average molecular weight is 205 g/mol. The first-order valence-electron chi connectivity index (χ1n) is 4.94. The first kappa shape index (κ1) is 9.98. The summed E-state index contributed by atoms with van der Waals surface area (Å²) in [6.45, 7) is 3.44. The van der Waals surface area contributed by atoms with Gasteiger partial charge in [0.1, 0.15) is 0 Å². The molecule has 4 nitrogen and oxygen atoms in total. The summed E-state index contributed by atoms with van der Waals surface area (Å²) in [5, 5.41) is 0. The van der Waals surface area contributed by atoms with Crippen LogP contribution in [0.25, 0.3) is 11.0 Å². The summed E-state index contributed by atoms with van der Waals surface area (Å²) in [4.78, 5) is 4.31. The molecule has 4 heteroatoms. The lowest BCUT2D eigenvalue weighted by atomic mass is 10.2. The summed E-state index contributed by atoms with van der Waals surface area (Å²) in [6.07, 6.45) is 0. The number of hydrogen-bond acceptors (Lipinski definition) is 3. The third kappa shape index (κ3) is 1.68. The highest BCUT2D eigenvalue weighted by atomic mass is 16.5. The molecular weight excluding hydrogens is 190 g/mol. The summed E-state index contributed by atoms with van der Waals surface area (Å²) in [5.74, 6) is 0.552. The van der Waals surface area contributed by atoms with Crippen LogP contribution in [0.1, 0.15) is 5.56 Å². The SMILES string of the molecule is COCCn1c(N)nc2cccc(C)c21. The van der Waals surface area contributed by atoms with E-state index >= 15 is 0 Å². The van der Waals surface area contributed by atoms with Crippen molar-refractivity contribution in [3.8, 4) is 0 Å². The van der Waals surface area contributed by atoms with Gasteiger partial charge in [0.25, 0.3) is 0 Å². The molecule has 1 aromatic heterocycles. The fourth-order valence-electron chi connectivity index (χ4n) is 1.79. The van der Waals surface area contributed by atoms with E-state index in [1.807, 2.05) is 16.7 Å². The van der Waals surface area contributed by atoms with Gasteiger partial charge >= 0.3 is 0 Å². The molecule has 0 amide bonds. The standard InChI is InChI=1S/C11H15N3O/c1-8-4-3-5-9-10(8)14(6-7-15-2)11(12)13-9/h3-5H,6-7H2,1-2H3,(H2,12,13). The van der Waals surface area contributed by atoms with Gasteiger partial charge in [-0.3, -0.25) is 0 Å². The summed E-state index contributed by atoms with van der Waals surface area (Å²) >= 11 is 0. The van der Waals surface area contributed by atoms with Crippen LogP contribution in [0.5, 0.6) is 0 Å². The molecule has 0 bridgehead atoms. The Bertz CT molecular complexity index is 476. The minimum atomic E-state index is 0.552. The Morgan fingerprint density at radius 1 is 1.47 bits per heavy atom. The van der Waals surface area contributed by atoms with Gasteiger partial charge < -0.3 is 15.0 Å². The molecule has 0 saturated carbocycles. The van der Waals surface area contributed by atoms with Gasteiger partial charge in [-0.2, -0.15) is 0 Å². The lowest BCUT2D eigenvalue weighted by Gasteiger charge is -2.06. The molecule has 0 fully saturated rings. The summed E-state index contributed by atoms with van der Waals surface area (Å²) in [6, 6.07) is 6.03. The van der Waals surface area contributed by atoms with Gasteiger partial charge in [-0.25, -0.2) is 4.98 Å². The predicted octanol–water partition coefficient (Wildman–Crippen LogP) is 1.57. The van der Waals surface area contributed by atoms with Gasteiger partial charge in [-0.05, 0) is 18.6 Å². The van der Waals surface area contributed by atoms with E-state index in [0.29, 0.717) is 12.6 Å². The molecule has 2 N–H and O–H groups in total. The number of anilines is 1. The zero-order valence-corrected chi connectivity index (χ0v) is 9.03. The topological polar surface area (TPSA) is 53.1 Å². The zero-order chi connectivity index (χ0) is 10.8. The van der Waals surface area contributed by atoms with Crippen molar-refractivity contribution in [2.45, 2.75) is 13.5 Å². The number of methoxy groups -OCH3 is 1. The maximum atomic E-state index is 5.86. The molecule has 0 saturated heterocycles. The molecule has 0 aliphatic carbocycles. The monoisotopic (exact) mass is 205 g/mol. The lowest BCUT2D eigenvalue weighted by molar-refractivity contribution is 0.189. The van der Waals surface area contributed by atoms with Crippen molar-refractivity contribution in [2.75, 3.05) is 19.5 Å². The van der Waals surface area contributed by atoms with Crippen molar-refractivity contribution < 1.29 is 4.74 Å². The highest BCUT2D eigenvalue weighted by molar-refractivity contribution is 5.81. The Labute approximate surface area is 88.7 Å². The van der Waals surface area contributed by atoms with Gasteiger partial charge in [-0.1, -0.05) is 12.1 Å². The fraction of sp³-hybridized carbons (Fsp3) is 0.364.